The third kappa shape index (κ3) is 4.33. The van der Waals surface area contributed by atoms with Gasteiger partial charge in [0.05, 0.1) is 12.3 Å². The average Bonchev–Trinajstić information content (AvgIpc) is 3.06. The van der Waals surface area contributed by atoms with Gasteiger partial charge in [-0.15, -0.1) is 11.3 Å². The highest BCUT2D eigenvalue weighted by molar-refractivity contribution is 7.14. The van der Waals surface area contributed by atoms with Gasteiger partial charge in [0, 0.05) is 16.6 Å². The van der Waals surface area contributed by atoms with Crippen LogP contribution in [0.3, 0.4) is 0 Å². The zero-order valence-electron chi connectivity index (χ0n) is 13.2. The Morgan fingerprint density at radius 3 is 2.57 bits per heavy atom. The maximum atomic E-state index is 5.67. The molecular formula is C19H20N2OS. The molecule has 2 aromatic carbocycles. The molecule has 3 rings (SSSR count). The molecule has 0 radical (unpaired) electrons. The minimum atomic E-state index is 0.774. The predicted octanol–water partition coefficient (Wildman–Crippen LogP) is 5.73. The van der Waals surface area contributed by atoms with Gasteiger partial charge in [-0.05, 0) is 30.7 Å². The van der Waals surface area contributed by atoms with Crippen molar-refractivity contribution >= 4 is 22.2 Å². The zero-order chi connectivity index (χ0) is 15.9. The number of thiazole rings is 1. The molecule has 0 amide bonds. The second-order valence-electron chi connectivity index (χ2n) is 5.26. The number of benzene rings is 2. The second kappa shape index (κ2) is 7.79. The van der Waals surface area contributed by atoms with E-state index < -0.39 is 0 Å². The Labute approximate surface area is 141 Å². The highest BCUT2D eigenvalue weighted by Gasteiger charge is 2.04. The summed E-state index contributed by atoms with van der Waals surface area (Å²) in [5.74, 6) is 0.910. The third-order valence-corrected chi connectivity index (χ3v) is 4.20. The summed E-state index contributed by atoms with van der Waals surface area (Å²) >= 11 is 1.61. The number of hydrogen-bond donors (Lipinski definition) is 1. The number of nitrogens with one attached hydrogen (secondary N) is 1. The Morgan fingerprint density at radius 2 is 1.83 bits per heavy atom. The first-order valence-corrected chi connectivity index (χ1v) is 8.74. The van der Waals surface area contributed by atoms with Crippen LogP contribution in [-0.2, 0) is 0 Å². The molecule has 0 aliphatic rings. The van der Waals surface area contributed by atoms with Crippen molar-refractivity contribution in [3.63, 3.8) is 0 Å². The highest BCUT2D eigenvalue weighted by Crippen LogP contribution is 2.27. The summed E-state index contributed by atoms with van der Waals surface area (Å²) in [5, 5.41) is 6.30. The second-order valence-corrected chi connectivity index (χ2v) is 6.11. The van der Waals surface area contributed by atoms with Crippen LogP contribution in [0.5, 0.6) is 5.75 Å². The molecule has 0 saturated carbocycles. The van der Waals surface area contributed by atoms with Crippen LogP contribution < -0.4 is 10.1 Å². The van der Waals surface area contributed by atoms with Crippen LogP contribution in [0.15, 0.2) is 60.0 Å². The van der Waals surface area contributed by atoms with E-state index in [0.29, 0.717) is 0 Å². The van der Waals surface area contributed by atoms with Crippen molar-refractivity contribution in [2.24, 2.45) is 0 Å². The number of anilines is 2. The van der Waals surface area contributed by atoms with Crippen molar-refractivity contribution in [3.05, 3.63) is 60.0 Å². The summed E-state index contributed by atoms with van der Waals surface area (Å²) in [6.07, 6.45) is 2.23. The molecule has 0 aliphatic heterocycles. The molecule has 1 heterocycles. The summed E-state index contributed by atoms with van der Waals surface area (Å²) in [6.45, 7) is 2.93. The van der Waals surface area contributed by atoms with Gasteiger partial charge in [-0.3, -0.25) is 0 Å². The third-order valence-electron chi connectivity index (χ3n) is 3.45. The number of ether oxygens (including phenoxy) is 1. The number of nitrogens with zero attached hydrogens (tertiary/aromatic N) is 1. The van der Waals surface area contributed by atoms with E-state index in [0.717, 1.165) is 47.3 Å². The molecule has 0 aliphatic carbocycles. The number of unbranched alkanes of at least 4 members (excludes halogenated alkanes) is 1. The molecule has 0 unspecified atom stereocenters. The highest BCUT2D eigenvalue weighted by atomic mass is 32.1. The molecule has 118 valence electrons. The topological polar surface area (TPSA) is 34.1 Å². The lowest BCUT2D eigenvalue weighted by Crippen LogP contribution is -1.96. The fourth-order valence-electron chi connectivity index (χ4n) is 2.16. The SMILES string of the molecule is CCCCOc1ccc(Nc2nc(-c3ccccc3)cs2)cc1. The van der Waals surface area contributed by atoms with E-state index in [1.807, 2.05) is 42.5 Å². The summed E-state index contributed by atoms with van der Waals surface area (Å²) < 4.78 is 5.67. The van der Waals surface area contributed by atoms with E-state index in [-0.39, 0.29) is 0 Å². The summed E-state index contributed by atoms with van der Waals surface area (Å²) in [4.78, 5) is 4.64. The minimum absolute atomic E-state index is 0.774. The van der Waals surface area contributed by atoms with Crippen molar-refractivity contribution in [2.45, 2.75) is 19.8 Å². The molecule has 4 heteroatoms. The normalized spacial score (nSPS) is 10.5. The van der Waals surface area contributed by atoms with Crippen LogP contribution in [0.1, 0.15) is 19.8 Å². The Balaban J connectivity index is 1.62. The first-order valence-electron chi connectivity index (χ1n) is 7.86. The largest absolute Gasteiger partial charge is 0.494 e. The van der Waals surface area contributed by atoms with Gasteiger partial charge in [0.2, 0.25) is 0 Å². The van der Waals surface area contributed by atoms with Gasteiger partial charge in [0.15, 0.2) is 5.13 Å². The molecular weight excluding hydrogens is 304 g/mol. The first-order chi connectivity index (χ1) is 11.3. The van der Waals surface area contributed by atoms with E-state index in [4.69, 9.17) is 4.74 Å². The lowest BCUT2D eigenvalue weighted by molar-refractivity contribution is 0.309. The minimum Gasteiger partial charge on any atom is -0.494 e. The van der Waals surface area contributed by atoms with Crippen molar-refractivity contribution in [1.29, 1.82) is 0 Å². The van der Waals surface area contributed by atoms with Crippen LogP contribution in [-0.4, -0.2) is 11.6 Å². The van der Waals surface area contributed by atoms with Gasteiger partial charge in [-0.1, -0.05) is 43.7 Å². The van der Waals surface area contributed by atoms with E-state index in [1.54, 1.807) is 11.3 Å². The molecule has 23 heavy (non-hydrogen) atoms. The molecule has 0 bridgehead atoms. The van der Waals surface area contributed by atoms with E-state index in [1.165, 1.54) is 0 Å². The first kappa shape index (κ1) is 15.6. The van der Waals surface area contributed by atoms with Gasteiger partial charge in [-0.2, -0.15) is 0 Å². The van der Waals surface area contributed by atoms with Crippen LogP contribution >= 0.6 is 11.3 Å². The molecule has 1 aromatic heterocycles. The zero-order valence-corrected chi connectivity index (χ0v) is 14.0. The maximum absolute atomic E-state index is 5.67. The number of aromatic nitrogens is 1. The molecule has 0 spiro atoms. The fourth-order valence-corrected chi connectivity index (χ4v) is 2.90. The Morgan fingerprint density at radius 1 is 1.04 bits per heavy atom. The molecule has 0 saturated heterocycles. The average molecular weight is 324 g/mol. The molecule has 1 N–H and O–H groups in total. The van der Waals surface area contributed by atoms with Gasteiger partial charge >= 0.3 is 0 Å². The maximum Gasteiger partial charge on any atom is 0.187 e. The Kier molecular flexibility index (Phi) is 5.27. The van der Waals surface area contributed by atoms with E-state index >= 15 is 0 Å². The summed E-state index contributed by atoms with van der Waals surface area (Å²) in [7, 11) is 0. The fraction of sp³-hybridized carbons (Fsp3) is 0.211. The molecule has 0 fully saturated rings. The summed E-state index contributed by atoms with van der Waals surface area (Å²) in [6, 6.07) is 18.2. The van der Waals surface area contributed by atoms with Gasteiger partial charge in [0.25, 0.3) is 0 Å². The Hall–Kier alpha value is -2.33. The van der Waals surface area contributed by atoms with Crippen LogP contribution in [0, 0.1) is 0 Å². The lowest BCUT2D eigenvalue weighted by Gasteiger charge is -2.07. The molecule has 3 nitrogen and oxygen atoms in total. The molecule has 0 atom stereocenters. The van der Waals surface area contributed by atoms with Crippen molar-refractivity contribution in [3.8, 4) is 17.0 Å². The molecule has 3 aromatic rings. The lowest BCUT2D eigenvalue weighted by atomic mass is 10.2. The van der Waals surface area contributed by atoms with Crippen LogP contribution in [0.2, 0.25) is 0 Å². The number of hydrogen-bond acceptors (Lipinski definition) is 4. The monoisotopic (exact) mass is 324 g/mol. The van der Waals surface area contributed by atoms with Crippen molar-refractivity contribution in [2.75, 3.05) is 11.9 Å². The van der Waals surface area contributed by atoms with Crippen molar-refractivity contribution in [1.82, 2.24) is 4.98 Å². The standard InChI is InChI=1S/C19H20N2OS/c1-2-3-13-22-17-11-9-16(10-12-17)20-19-21-18(14-23-19)15-7-5-4-6-8-15/h4-12,14H,2-3,13H2,1H3,(H,20,21). The predicted molar refractivity (Wildman–Crippen MR) is 97.7 cm³/mol. The number of rotatable bonds is 7. The Bertz CT molecular complexity index is 723. The van der Waals surface area contributed by atoms with Crippen LogP contribution in [0.25, 0.3) is 11.3 Å². The quantitative estimate of drug-likeness (QED) is 0.563. The van der Waals surface area contributed by atoms with E-state index in [2.05, 4.69) is 34.7 Å². The van der Waals surface area contributed by atoms with E-state index in [9.17, 15) is 0 Å². The van der Waals surface area contributed by atoms with Gasteiger partial charge in [0.1, 0.15) is 5.75 Å². The van der Waals surface area contributed by atoms with Gasteiger partial charge in [-0.25, -0.2) is 4.98 Å². The van der Waals surface area contributed by atoms with Crippen molar-refractivity contribution < 1.29 is 4.74 Å². The summed E-state index contributed by atoms with van der Waals surface area (Å²) in [5.41, 5.74) is 3.15. The van der Waals surface area contributed by atoms with Crippen LogP contribution in [0.4, 0.5) is 10.8 Å². The van der Waals surface area contributed by atoms with Gasteiger partial charge < -0.3 is 10.1 Å². The smallest absolute Gasteiger partial charge is 0.187 e.